The Morgan fingerprint density at radius 1 is 1.31 bits per heavy atom. The van der Waals surface area contributed by atoms with Crippen molar-refractivity contribution in [2.24, 2.45) is 0 Å². The number of rotatable bonds is 2. The lowest BCUT2D eigenvalue weighted by Gasteiger charge is -2.38. The van der Waals surface area contributed by atoms with Crippen molar-refractivity contribution >= 4 is 23.5 Å². The van der Waals surface area contributed by atoms with Crippen LogP contribution in [0.3, 0.4) is 0 Å². The number of thioether (sulfide) groups is 2. The zero-order valence-corrected chi connectivity index (χ0v) is 9.67. The van der Waals surface area contributed by atoms with Crippen LogP contribution in [0.2, 0.25) is 0 Å². The highest BCUT2D eigenvalue weighted by Crippen LogP contribution is 2.48. The Balaban J connectivity index is 2.22. The standard InChI is InChI=1S/C11H14S2/c1-11(7-8-13-11)9-3-5-10(12-2)6-4-9/h3-6H,7-8H2,1-2H3. The van der Waals surface area contributed by atoms with Gasteiger partial charge in [0.1, 0.15) is 0 Å². The minimum Gasteiger partial charge on any atom is -0.151 e. The summed E-state index contributed by atoms with van der Waals surface area (Å²) >= 11 is 3.87. The van der Waals surface area contributed by atoms with Crippen molar-refractivity contribution in [1.82, 2.24) is 0 Å². The maximum atomic E-state index is 2.34. The average molecular weight is 210 g/mol. The highest BCUT2D eigenvalue weighted by Gasteiger charge is 2.34. The Hall–Kier alpha value is -0.0800. The van der Waals surface area contributed by atoms with Crippen molar-refractivity contribution in [3.05, 3.63) is 29.8 Å². The summed E-state index contributed by atoms with van der Waals surface area (Å²) in [6.07, 6.45) is 3.45. The fourth-order valence-electron chi connectivity index (χ4n) is 1.58. The molecule has 0 saturated carbocycles. The summed E-state index contributed by atoms with van der Waals surface area (Å²) in [7, 11) is 0. The van der Waals surface area contributed by atoms with Crippen LogP contribution in [0.1, 0.15) is 18.9 Å². The van der Waals surface area contributed by atoms with Crippen LogP contribution in [-0.2, 0) is 4.75 Å². The van der Waals surface area contributed by atoms with Crippen molar-refractivity contribution in [1.29, 1.82) is 0 Å². The monoisotopic (exact) mass is 210 g/mol. The summed E-state index contributed by atoms with van der Waals surface area (Å²) in [5.74, 6) is 1.32. The molecule has 0 aliphatic carbocycles. The van der Waals surface area contributed by atoms with Gasteiger partial charge in [0.2, 0.25) is 0 Å². The van der Waals surface area contributed by atoms with Crippen LogP contribution in [0.5, 0.6) is 0 Å². The van der Waals surface area contributed by atoms with Crippen LogP contribution in [0, 0.1) is 0 Å². The minimum absolute atomic E-state index is 0.414. The largest absolute Gasteiger partial charge is 0.151 e. The van der Waals surface area contributed by atoms with Crippen LogP contribution >= 0.6 is 23.5 Å². The normalized spacial score (nSPS) is 26.9. The van der Waals surface area contributed by atoms with Crippen LogP contribution in [-0.4, -0.2) is 12.0 Å². The molecule has 0 nitrogen and oxygen atoms in total. The lowest BCUT2D eigenvalue weighted by atomic mass is 9.96. The van der Waals surface area contributed by atoms with E-state index in [2.05, 4.69) is 49.2 Å². The third-order valence-electron chi connectivity index (χ3n) is 2.70. The Morgan fingerprint density at radius 3 is 2.31 bits per heavy atom. The topological polar surface area (TPSA) is 0 Å². The van der Waals surface area contributed by atoms with Crippen molar-refractivity contribution in [3.8, 4) is 0 Å². The average Bonchev–Trinajstić information content (AvgIpc) is 2.14. The number of benzene rings is 1. The van der Waals surface area contributed by atoms with Gasteiger partial charge in [0, 0.05) is 9.64 Å². The van der Waals surface area contributed by atoms with Gasteiger partial charge in [-0.15, -0.1) is 11.8 Å². The highest BCUT2D eigenvalue weighted by molar-refractivity contribution is 8.01. The van der Waals surface area contributed by atoms with Gasteiger partial charge in [-0.25, -0.2) is 0 Å². The van der Waals surface area contributed by atoms with Crippen molar-refractivity contribution in [2.75, 3.05) is 12.0 Å². The molecule has 70 valence electrons. The maximum Gasteiger partial charge on any atom is 0.0388 e. The molecule has 1 aromatic carbocycles. The summed E-state index contributed by atoms with van der Waals surface area (Å²) in [5, 5.41) is 0. The van der Waals surface area contributed by atoms with E-state index in [0.29, 0.717) is 4.75 Å². The zero-order valence-electron chi connectivity index (χ0n) is 8.04. The number of hydrogen-bond acceptors (Lipinski definition) is 2. The molecule has 1 aromatic rings. The summed E-state index contributed by atoms with van der Waals surface area (Å²) in [6.45, 7) is 2.34. The van der Waals surface area contributed by atoms with E-state index >= 15 is 0 Å². The molecule has 1 fully saturated rings. The quantitative estimate of drug-likeness (QED) is 0.682. The molecule has 0 amide bonds. The van der Waals surface area contributed by atoms with Gasteiger partial charge in [0.15, 0.2) is 0 Å². The minimum atomic E-state index is 0.414. The number of hydrogen-bond donors (Lipinski definition) is 0. The van der Waals surface area contributed by atoms with Gasteiger partial charge in [-0.05, 0) is 43.0 Å². The first-order valence-electron chi connectivity index (χ1n) is 4.53. The fraction of sp³-hybridized carbons (Fsp3) is 0.455. The van der Waals surface area contributed by atoms with E-state index in [1.54, 1.807) is 11.8 Å². The molecule has 1 aliphatic rings. The van der Waals surface area contributed by atoms with Gasteiger partial charge in [-0.1, -0.05) is 12.1 Å². The predicted octanol–water partition coefficient (Wildman–Crippen LogP) is 3.76. The molecule has 0 aromatic heterocycles. The first-order valence-corrected chi connectivity index (χ1v) is 6.74. The maximum absolute atomic E-state index is 2.34. The Kier molecular flexibility index (Phi) is 2.61. The lowest BCUT2D eigenvalue weighted by Crippen LogP contribution is -2.27. The van der Waals surface area contributed by atoms with E-state index in [4.69, 9.17) is 0 Å². The molecule has 1 atom stereocenters. The van der Waals surface area contributed by atoms with E-state index in [0.717, 1.165) is 0 Å². The summed E-state index contributed by atoms with van der Waals surface area (Å²) in [4.78, 5) is 1.36. The third-order valence-corrected chi connectivity index (χ3v) is 4.93. The smallest absolute Gasteiger partial charge is 0.0388 e. The van der Waals surface area contributed by atoms with Gasteiger partial charge in [0.25, 0.3) is 0 Å². The van der Waals surface area contributed by atoms with Crippen molar-refractivity contribution in [3.63, 3.8) is 0 Å². The van der Waals surface area contributed by atoms with E-state index < -0.39 is 0 Å². The summed E-state index contributed by atoms with van der Waals surface area (Å²) in [6, 6.07) is 9.00. The van der Waals surface area contributed by atoms with Crippen molar-refractivity contribution < 1.29 is 0 Å². The van der Waals surface area contributed by atoms with E-state index in [9.17, 15) is 0 Å². The van der Waals surface area contributed by atoms with Gasteiger partial charge in [-0.3, -0.25) is 0 Å². The molecule has 2 rings (SSSR count). The Morgan fingerprint density at radius 2 is 1.92 bits per heavy atom. The third kappa shape index (κ3) is 1.75. The lowest BCUT2D eigenvalue weighted by molar-refractivity contribution is 0.625. The molecule has 1 unspecified atom stereocenters. The first-order chi connectivity index (χ1) is 6.24. The molecule has 1 saturated heterocycles. The molecule has 0 bridgehead atoms. The summed E-state index contributed by atoms with van der Waals surface area (Å²) < 4.78 is 0.414. The van der Waals surface area contributed by atoms with Gasteiger partial charge in [-0.2, -0.15) is 11.8 Å². The molecular weight excluding hydrogens is 196 g/mol. The second-order valence-electron chi connectivity index (χ2n) is 3.56. The van der Waals surface area contributed by atoms with Gasteiger partial charge in [0.05, 0.1) is 0 Å². The molecule has 2 heteroatoms. The molecule has 0 radical (unpaired) electrons. The van der Waals surface area contributed by atoms with Gasteiger partial charge < -0.3 is 0 Å². The summed E-state index contributed by atoms with van der Waals surface area (Å²) in [5.41, 5.74) is 1.49. The van der Waals surface area contributed by atoms with E-state index in [-0.39, 0.29) is 0 Å². The Labute approximate surface area is 88.5 Å². The van der Waals surface area contributed by atoms with Crippen LogP contribution in [0.25, 0.3) is 0 Å². The molecule has 1 aliphatic heterocycles. The second-order valence-corrected chi connectivity index (χ2v) is 6.04. The van der Waals surface area contributed by atoms with Gasteiger partial charge >= 0.3 is 0 Å². The van der Waals surface area contributed by atoms with E-state index in [1.807, 2.05) is 0 Å². The molecule has 13 heavy (non-hydrogen) atoms. The van der Waals surface area contributed by atoms with Crippen LogP contribution in [0.4, 0.5) is 0 Å². The molecule has 0 spiro atoms. The first kappa shape index (κ1) is 9.47. The Bertz CT molecular complexity index is 285. The van der Waals surface area contributed by atoms with E-state index in [1.165, 1.54) is 22.6 Å². The zero-order chi connectivity index (χ0) is 9.31. The fourth-order valence-corrected chi connectivity index (χ4v) is 3.11. The highest BCUT2D eigenvalue weighted by atomic mass is 32.2. The molecule has 0 N–H and O–H groups in total. The second kappa shape index (κ2) is 3.58. The predicted molar refractivity (Wildman–Crippen MR) is 62.7 cm³/mol. The van der Waals surface area contributed by atoms with Crippen LogP contribution in [0.15, 0.2) is 29.2 Å². The van der Waals surface area contributed by atoms with Crippen molar-refractivity contribution in [2.45, 2.75) is 23.0 Å². The molecule has 1 heterocycles. The van der Waals surface area contributed by atoms with Crippen LogP contribution < -0.4 is 0 Å². The molecular formula is C11H14S2. The SMILES string of the molecule is CSc1ccc(C2(C)CCS2)cc1.